The van der Waals surface area contributed by atoms with E-state index in [1.54, 1.807) is 30.3 Å². The third kappa shape index (κ3) is 4.04. The van der Waals surface area contributed by atoms with Crippen molar-refractivity contribution in [2.45, 2.75) is 31.9 Å². The van der Waals surface area contributed by atoms with Crippen LogP contribution in [0.5, 0.6) is 0 Å². The van der Waals surface area contributed by atoms with Crippen LogP contribution in [0.3, 0.4) is 0 Å². The summed E-state index contributed by atoms with van der Waals surface area (Å²) in [5.41, 5.74) is 1.76. The molecule has 7 heteroatoms. The second kappa shape index (κ2) is 7.45. The van der Waals surface area contributed by atoms with E-state index in [2.05, 4.69) is 4.72 Å². The van der Waals surface area contributed by atoms with E-state index in [1.165, 1.54) is 4.90 Å². The lowest BCUT2D eigenvalue weighted by Crippen LogP contribution is -2.36. The summed E-state index contributed by atoms with van der Waals surface area (Å²) in [6.45, 7) is 2.37. The van der Waals surface area contributed by atoms with Gasteiger partial charge >= 0.3 is 0 Å². The number of benzene rings is 2. The van der Waals surface area contributed by atoms with Gasteiger partial charge in [0.1, 0.15) is 5.82 Å². The Bertz CT molecular complexity index is 914. The van der Waals surface area contributed by atoms with Crippen LogP contribution in [0.2, 0.25) is 0 Å². The molecule has 0 saturated carbocycles. The van der Waals surface area contributed by atoms with Crippen LogP contribution in [0.25, 0.3) is 0 Å². The topological polar surface area (TPSA) is 66.5 Å². The number of fused-ring (bicyclic) bond motifs is 1. The smallest absolute Gasteiger partial charge is 0.236 e. The molecule has 1 aliphatic heterocycles. The van der Waals surface area contributed by atoms with Gasteiger partial charge in [0.25, 0.3) is 0 Å². The van der Waals surface area contributed by atoms with Gasteiger partial charge in [-0.2, -0.15) is 0 Å². The number of halogens is 1. The lowest BCUT2D eigenvalue weighted by molar-refractivity contribution is -0.118. The molecule has 1 amide bonds. The number of sulfonamides is 1. The Morgan fingerprint density at radius 3 is 2.58 bits per heavy atom. The van der Waals surface area contributed by atoms with Crippen LogP contribution in [0, 0.1) is 5.82 Å². The van der Waals surface area contributed by atoms with E-state index in [9.17, 15) is 17.6 Å². The Morgan fingerprint density at radius 1 is 1.15 bits per heavy atom. The zero-order valence-electron chi connectivity index (χ0n) is 14.5. The maximum absolute atomic E-state index is 14.7. The molecule has 26 heavy (non-hydrogen) atoms. The number of nitrogens with zero attached hydrogens (tertiary/aromatic N) is 1. The van der Waals surface area contributed by atoms with E-state index >= 15 is 0 Å². The monoisotopic (exact) mass is 376 g/mol. The Labute approximate surface area is 152 Å². The molecule has 1 N–H and O–H groups in total. The fraction of sp³-hybridized carbons (Fsp3) is 0.316. The maximum Gasteiger partial charge on any atom is 0.236 e. The van der Waals surface area contributed by atoms with Crippen LogP contribution in [0.1, 0.15) is 30.9 Å². The van der Waals surface area contributed by atoms with Crippen LogP contribution in [-0.4, -0.2) is 20.9 Å². The summed E-state index contributed by atoms with van der Waals surface area (Å²) in [4.78, 5) is 13.5. The highest BCUT2D eigenvalue weighted by atomic mass is 32.2. The van der Waals surface area contributed by atoms with Crippen molar-refractivity contribution in [3.63, 3.8) is 0 Å². The van der Waals surface area contributed by atoms with Crippen molar-refractivity contribution in [2.75, 3.05) is 16.2 Å². The van der Waals surface area contributed by atoms with Crippen molar-refractivity contribution in [1.29, 1.82) is 0 Å². The fourth-order valence-corrected chi connectivity index (χ4v) is 4.36. The molecule has 0 aliphatic carbocycles. The molecule has 0 radical (unpaired) electrons. The third-order valence-corrected chi connectivity index (χ3v) is 5.50. The molecule has 5 nitrogen and oxygen atoms in total. The van der Waals surface area contributed by atoms with Crippen molar-refractivity contribution < 1.29 is 17.6 Å². The second-order valence-corrected chi connectivity index (χ2v) is 8.08. The molecule has 3 rings (SSSR count). The molecule has 0 aromatic heterocycles. The van der Waals surface area contributed by atoms with Crippen molar-refractivity contribution >= 4 is 27.3 Å². The molecule has 0 bridgehead atoms. The number of hydrogen-bond donors (Lipinski definition) is 1. The second-order valence-electron chi connectivity index (χ2n) is 6.36. The van der Waals surface area contributed by atoms with Crippen LogP contribution >= 0.6 is 0 Å². The molecule has 0 saturated heterocycles. The molecule has 2 aromatic carbocycles. The number of rotatable bonds is 6. The van der Waals surface area contributed by atoms with E-state index in [0.717, 1.165) is 12.5 Å². The van der Waals surface area contributed by atoms with Gasteiger partial charge in [0.2, 0.25) is 15.9 Å². The van der Waals surface area contributed by atoms with Crippen LogP contribution in [0.4, 0.5) is 15.8 Å². The van der Waals surface area contributed by atoms with Gasteiger partial charge in [-0.05, 0) is 30.0 Å². The van der Waals surface area contributed by atoms with Gasteiger partial charge in [-0.15, -0.1) is 0 Å². The average Bonchev–Trinajstić information content (AvgIpc) is 2.57. The molecule has 1 heterocycles. The molecule has 0 spiro atoms. The lowest BCUT2D eigenvalue weighted by atomic mass is 10.00. The minimum absolute atomic E-state index is 0.101. The van der Waals surface area contributed by atoms with Crippen LogP contribution in [0.15, 0.2) is 42.5 Å². The van der Waals surface area contributed by atoms with Gasteiger partial charge in [0, 0.05) is 19.0 Å². The summed E-state index contributed by atoms with van der Waals surface area (Å²) in [5, 5.41) is 0. The molecule has 0 unspecified atom stereocenters. The van der Waals surface area contributed by atoms with Crippen molar-refractivity contribution in [3.8, 4) is 0 Å². The first-order chi connectivity index (χ1) is 12.4. The highest BCUT2D eigenvalue weighted by Crippen LogP contribution is 2.34. The highest BCUT2D eigenvalue weighted by Gasteiger charge is 2.27. The summed E-state index contributed by atoms with van der Waals surface area (Å²) in [6, 6.07) is 11.6. The van der Waals surface area contributed by atoms with Gasteiger partial charge in [0.05, 0.1) is 17.1 Å². The quantitative estimate of drug-likeness (QED) is 0.840. The molecule has 138 valence electrons. The zero-order chi connectivity index (χ0) is 18.7. The predicted molar refractivity (Wildman–Crippen MR) is 100 cm³/mol. The van der Waals surface area contributed by atoms with Gasteiger partial charge < -0.3 is 4.90 Å². The van der Waals surface area contributed by atoms with Crippen LogP contribution in [-0.2, 0) is 27.0 Å². The van der Waals surface area contributed by atoms with E-state index in [4.69, 9.17) is 0 Å². The average molecular weight is 376 g/mol. The van der Waals surface area contributed by atoms with Gasteiger partial charge in [0.15, 0.2) is 0 Å². The lowest BCUT2D eigenvalue weighted by Gasteiger charge is -2.30. The summed E-state index contributed by atoms with van der Waals surface area (Å²) in [6.07, 6.45) is 1.42. The minimum atomic E-state index is -3.66. The first-order valence-corrected chi connectivity index (χ1v) is 10.2. The highest BCUT2D eigenvalue weighted by molar-refractivity contribution is 7.91. The number of hydrogen-bond acceptors (Lipinski definition) is 3. The number of carbonyl (C=O) groups is 1. The Balaban J connectivity index is 1.86. The van der Waals surface area contributed by atoms with Crippen molar-refractivity contribution in [1.82, 2.24) is 0 Å². The van der Waals surface area contributed by atoms with Gasteiger partial charge in [-0.1, -0.05) is 37.3 Å². The Kier molecular flexibility index (Phi) is 5.27. The Morgan fingerprint density at radius 2 is 1.88 bits per heavy atom. The molecule has 0 fully saturated rings. The molecular formula is C19H21FN2O3S. The number of nitrogens with one attached hydrogen (secondary N) is 1. The maximum atomic E-state index is 14.7. The molecule has 2 aromatic rings. The largest absolute Gasteiger partial charge is 0.309 e. The van der Waals surface area contributed by atoms with E-state index in [0.29, 0.717) is 30.5 Å². The van der Waals surface area contributed by atoms with Crippen molar-refractivity contribution in [2.24, 2.45) is 0 Å². The normalized spacial score (nSPS) is 14.2. The van der Waals surface area contributed by atoms with E-state index < -0.39 is 15.8 Å². The summed E-state index contributed by atoms with van der Waals surface area (Å²) >= 11 is 0. The molecular weight excluding hydrogens is 355 g/mol. The molecule has 0 atom stereocenters. The third-order valence-electron chi connectivity index (χ3n) is 4.24. The van der Waals surface area contributed by atoms with Gasteiger partial charge in [-0.3, -0.25) is 9.52 Å². The van der Waals surface area contributed by atoms with E-state index in [-0.39, 0.29) is 23.0 Å². The fourth-order valence-electron chi connectivity index (χ4n) is 3.18. The summed E-state index contributed by atoms with van der Waals surface area (Å²) in [7, 11) is -3.66. The first-order valence-electron chi connectivity index (χ1n) is 8.57. The standard InChI is InChI=1S/C19H21FN2O3S/c1-2-10-22-18(23)9-8-15-11-16(12-17(20)19(15)22)21-26(24,25)13-14-6-4-3-5-7-14/h3-7,11-12,21H,2,8-10,13H2,1H3. The van der Waals surface area contributed by atoms with Crippen LogP contribution < -0.4 is 9.62 Å². The number of aryl methyl sites for hydroxylation is 1. The molecule has 1 aliphatic rings. The predicted octanol–water partition coefficient (Wildman–Crippen LogP) is 3.46. The first kappa shape index (κ1) is 18.4. The minimum Gasteiger partial charge on any atom is -0.309 e. The van der Waals surface area contributed by atoms with Crippen molar-refractivity contribution in [3.05, 3.63) is 59.4 Å². The Hall–Kier alpha value is -2.41. The number of anilines is 2. The summed E-state index contributed by atoms with van der Waals surface area (Å²) < 4.78 is 41.8. The SMILES string of the molecule is CCCN1C(=O)CCc2cc(NS(=O)(=O)Cc3ccccc3)cc(F)c21. The number of carbonyl (C=O) groups excluding carboxylic acids is 1. The zero-order valence-corrected chi connectivity index (χ0v) is 15.4. The summed E-state index contributed by atoms with van der Waals surface area (Å²) in [5.74, 6) is -0.871. The van der Waals surface area contributed by atoms with E-state index in [1.807, 2.05) is 13.0 Å². The number of amides is 1. The van der Waals surface area contributed by atoms with Gasteiger partial charge in [-0.25, -0.2) is 12.8 Å².